The molecule has 2 N–H and O–H groups in total. The van der Waals surface area contributed by atoms with Gasteiger partial charge in [-0.15, -0.1) is 0 Å². The zero-order valence-corrected chi connectivity index (χ0v) is 16.9. The van der Waals surface area contributed by atoms with Crippen molar-refractivity contribution in [3.8, 4) is 0 Å². The van der Waals surface area contributed by atoms with Gasteiger partial charge in [0.15, 0.2) is 0 Å². The molecule has 2 amide bonds. The van der Waals surface area contributed by atoms with E-state index in [-0.39, 0.29) is 16.6 Å². The monoisotopic (exact) mass is 375 g/mol. The van der Waals surface area contributed by atoms with Crippen molar-refractivity contribution in [3.63, 3.8) is 0 Å². The Hall–Kier alpha value is -1.53. The van der Waals surface area contributed by atoms with Crippen LogP contribution in [-0.4, -0.2) is 41.1 Å². The van der Waals surface area contributed by atoms with Gasteiger partial charge in [0.2, 0.25) is 0 Å². The summed E-state index contributed by atoms with van der Waals surface area (Å²) in [5, 5.41) is 3.46. The van der Waals surface area contributed by atoms with E-state index in [1.807, 2.05) is 24.1 Å². The van der Waals surface area contributed by atoms with E-state index in [0.717, 1.165) is 12.2 Å². The predicted molar refractivity (Wildman–Crippen MR) is 108 cm³/mol. The fraction of sp³-hybridized carbons (Fsp3) is 0.600. The predicted octanol–water partition coefficient (Wildman–Crippen LogP) is 3.92. The fourth-order valence-electron chi connectivity index (χ4n) is 3.48. The number of amides is 2. The number of nitrogens with one attached hydrogen (secondary N) is 2. The highest BCUT2D eigenvalue weighted by atomic mass is 32.2. The van der Waals surface area contributed by atoms with Crippen LogP contribution in [0.5, 0.6) is 0 Å². The summed E-state index contributed by atoms with van der Waals surface area (Å²) in [6.07, 6.45) is 4.83. The molecule has 1 fully saturated rings. The molecule has 1 aliphatic carbocycles. The van der Waals surface area contributed by atoms with Crippen molar-refractivity contribution >= 4 is 29.4 Å². The minimum absolute atomic E-state index is 0.211. The van der Waals surface area contributed by atoms with Gasteiger partial charge in [-0.1, -0.05) is 11.9 Å². The number of anilines is 1. The van der Waals surface area contributed by atoms with E-state index in [1.165, 1.54) is 37.6 Å². The summed E-state index contributed by atoms with van der Waals surface area (Å²) in [6.45, 7) is 7.60. The molecule has 1 aromatic rings. The number of hydrogen-bond acceptors (Lipinski definition) is 5. The number of carbonyl (C=O) groups is 2. The van der Waals surface area contributed by atoms with Gasteiger partial charge in [0.25, 0.3) is 11.8 Å². The lowest BCUT2D eigenvalue weighted by Gasteiger charge is -2.31. The second-order valence-corrected chi connectivity index (χ2v) is 10.0. The molecule has 0 aromatic heterocycles. The third-order valence-corrected chi connectivity index (χ3v) is 6.13. The molecule has 0 radical (unpaired) electrons. The normalized spacial score (nSPS) is 23.3. The van der Waals surface area contributed by atoms with Gasteiger partial charge in [-0.25, -0.2) is 0 Å². The summed E-state index contributed by atoms with van der Waals surface area (Å²) in [7, 11) is 1.53. The van der Waals surface area contributed by atoms with Crippen LogP contribution in [-0.2, 0) is 0 Å². The van der Waals surface area contributed by atoms with Crippen molar-refractivity contribution < 1.29 is 9.59 Å². The summed E-state index contributed by atoms with van der Waals surface area (Å²) < 4.78 is 3.87. The van der Waals surface area contributed by atoms with Crippen LogP contribution in [0.1, 0.15) is 67.2 Å². The van der Waals surface area contributed by atoms with Crippen LogP contribution in [0.3, 0.4) is 0 Å². The van der Waals surface area contributed by atoms with Gasteiger partial charge in [-0.2, -0.15) is 0 Å². The second-order valence-electron chi connectivity index (χ2n) is 8.36. The highest BCUT2D eigenvalue weighted by Gasteiger charge is 2.32. The number of carbonyl (C=O) groups excluding carboxylic acids is 2. The summed E-state index contributed by atoms with van der Waals surface area (Å²) >= 11 is 1.83. The van der Waals surface area contributed by atoms with Crippen LogP contribution in [0.2, 0.25) is 0 Å². The fourth-order valence-corrected chi connectivity index (χ4v) is 4.23. The van der Waals surface area contributed by atoms with Crippen LogP contribution in [0.15, 0.2) is 18.2 Å². The lowest BCUT2D eigenvalue weighted by Crippen LogP contribution is -2.33. The molecule has 0 spiro atoms. The van der Waals surface area contributed by atoms with Crippen molar-refractivity contribution in [2.75, 3.05) is 18.9 Å². The molecule has 0 saturated heterocycles. The number of imide groups is 1. The average molecular weight is 376 g/mol. The van der Waals surface area contributed by atoms with Crippen molar-refractivity contribution in [2.45, 2.75) is 57.2 Å². The number of nitrogens with zero attached hydrogens (tertiary/aromatic N) is 1. The molecule has 0 atom stereocenters. The van der Waals surface area contributed by atoms with E-state index < -0.39 is 0 Å². The number of benzene rings is 1. The van der Waals surface area contributed by atoms with Crippen molar-refractivity contribution in [1.82, 2.24) is 9.62 Å². The first-order valence-corrected chi connectivity index (χ1v) is 10.2. The van der Waals surface area contributed by atoms with Gasteiger partial charge in [0, 0.05) is 30.1 Å². The zero-order chi connectivity index (χ0) is 18.9. The maximum absolute atomic E-state index is 12.1. The molecular formula is C20H29N3O2S. The molecule has 26 heavy (non-hydrogen) atoms. The van der Waals surface area contributed by atoms with E-state index in [1.54, 1.807) is 6.07 Å². The third kappa shape index (κ3) is 4.41. The van der Waals surface area contributed by atoms with Gasteiger partial charge < -0.3 is 5.32 Å². The Morgan fingerprint density at radius 2 is 1.73 bits per heavy atom. The number of rotatable bonds is 5. The first-order chi connectivity index (χ1) is 12.2. The minimum Gasteiger partial charge on any atom is -0.385 e. The van der Waals surface area contributed by atoms with Crippen molar-refractivity contribution in [2.24, 2.45) is 5.92 Å². The molecule has 0 unspecified atom stereocenters. The molecule has 0 bridgehead atoms. The summed E-state index contributed by atoms with van der Waals surface area (Å²) in [5.41, 5.74) is 1.93. The van der Waals surface area contributed by atoms with Gasteiger partial charge in [-0.3, -0.25) is 19.2 Å². The third-order valence-electron chi connectivity index (χ3n) is 5.06. The Morgan fingerprint density at radius 1 is 1.08 bits per heavy atom. The maximum atomic E-state index is 12.1. The molecule has 3 rings (SSSR count). The molecule has 1 aliphatic heterocycles. The summed E-state index contributed by atoms with van der Waals surface area (Å²) in [5.74, 6) is 0.230. The van der Waals surface area contributed by atoms with Gasteiger partial charge in [0.05, 0.1) is 11.1 Å². The molecule has 142 valence electrons. The highest BCUT2D eigenvalue weighted by Crippen LogP contribution is 2.29. The molecule has 1 saturated carbocycles. The van der Waals surface area contributed by atoms with Crippen LogP contribution < -0.4 is 10.0 Å². The minimum atomic E-state index is -0.213. The van der Waals surface area contributed by atoms with Crippen LogP contribution >= 0.6 is 11.9 Å². The Morgan fingerprint density at radius 3 is 2.38 bits per heavy atom. The molecule has 1 heterocycles. The van der Waals surface area contributed by atoms with E-state index >= 15 is 0 Å². The van der Waals surface area contributed by atoms with Crippen LogP contribution in [0, 0.1) is 5.92 Å². The second kappa shape index (κ2) is 7.61. The summed E-state index contributed by atoms with van der Waals surface area (Å²) in [4.78, 5) is 25.2. The summed E-state index contributed by atoms with van der Waals surface area (Å²) in [6, 6.07) is 6.07. The Balaban J connectivity index is 1.48. The van der Waals surface area contributed by atoms with Crippen LogP contribution in [0.25, 0.3) is 0 Å². The Bertz CT molecular complexity index is 691. The van der Waals surface area contributed by atoms with E-state index in [9.17, 15) is 9.59 Å². The lowest BCUT2D eigenvalue weighted by atomic mass is 9.86. The van der Waals surface area contributed by atoms with Gasteiger partial charge >= 0.3 is 0 Å². The lowest BCUT2D eigenvalue weighted by molar-refractivity contribution is 0.0693. The Kier molecular flexibility index (Phi) is 5.63. The maximum Gasteiger partial charge on any atom is 0.261 e. The molecule has 2 aliphatic rings. The smallest absolute Gasteiger partial charge is 0.261 e. The average Bonchev–Trinajstić information content (AvgIpc) is 2.82. The van der Waals surface area contributed by atoms with Crippen molar-refractivity contribution in [3.05, 3.63) is 29.3 Å². The molecule has 6 heteroatoms. The highest BCUT2D eigenvalue weighted by molar-refractivity contribution is 7.98. The zero-order valence-electron chi connectivity index (χ0n) is 16.1. The quantitative estimate of drug-likeness (QED) is 0.603. The molecule has 1 aromatic carbocycles. The van der Waals surface area contributed by atoms with Gasteiger partial charge in [0.1, 0.15) is 0 Å². The SMILES string of the molecule is CN1C(=O)c2ccc(NC[C@H]3CC[C@H](NSC(C)(C)C)CC3)cc2C1=O. The van der Waals surface area contributed by atoms with Crippen LogP contribution in [0.4, 0.5) is 5.69 Å². The topological polar surface area (TPSA) is 61.4 Å². The molecular weight excluding hydrogens is 346 g/mol. The molecule has 5 nitrogen and oxygen atoms in total. The van der Waals surface area contributed by atoms with E-state index in [0.29, 0.717) is 23.1 Å². The standard InChI is InChI=1S/C20H29N3O2S/c1-20(2,3)26-22-14-7-5-13(6-8-14)12-21-15-9-10-16-17(11-15)19(25)23(4)18(16)24/h9-11,13-14,21-22H,5-8,12H2,1-4H3/t13-,14-. The largest absolute Gasteiger partial charge is 0.385 e. The van der Waals surface area contributed by atoms with Gasteiger partial charge in [-0.05, 0) is 70.6 Å². The Labute approximate surface area is 160 Å². The van der Waals surface area contributed by atoms with E-state index in [2.05, 4.69) is 30.8 Å². The van der Waals surface area contributed by atoms with E-state index in [4.69, 9.17) is 0 Å². The first kappa shape index (κ1) is 19.2. The van der Waals surface area contributed by atoms with Crippen molar-refractivity contribution in [1.29, 1.82) is 0 Å². The number of hydrogen-bond donors (Lipinski definition) is 2. The number of fused-ring (bicyclic) bond motifs is 1. The first-order valence-electron chi connectivity index (χ1n) is 9.38.